The van der Waals surface area contributed by atoms with Crippen molar-refractivity contribution < 1.29 is 19.7 Å². The lowest BCUT2D eigenvalue weighted by Crippen LogP contribution is -2.51. The summed E-state index contributed by atoms with van der Waals surface area (Å²) in [6.45, 7) is -0.702. The molecule has 116 valence electrons. The molecule has 0 aromatic rings. The van der Waals surface area contributed by atoms with E-state index in [0.717, 1.165) is 0 Å². The summed E-state index contributed by atoms with van der Waals surface area (Å²) in [6.07, 6.45) is -0.753. The van der Waals surface area contributed by atoms with E-state index >= 15 is 0 Å². The lowest BCUT2D eigenvalue weighted by atomic mass is 10.1. The fourth-order valence-corrected chi connectivity index (χ4v) is 2.51. The van der Waals surface area contributed by atoms with Crippen LogP contribution in [-0.2, 0) is 9.53 Å². The first-order chi connectivity index (χ1) is 10.5. The van der Waals surface area contributed by atoms with Gasteiger partial charge in [-0.15, -0.1) is 0 Å². The molecular formula is C10H12N8O4. The second-order valence-corrected chi connectivity index (χ2v) is 4.90. The number of hydrogen-bond acceptors (Lipinski definition) is 8. The Hall–Kier alpha value is -2.53. The Kier molecular flexibility index (Phi) is 3.30. The second-order valence-electron chi connectivity index (χ2n) is 4.90. The van der Waals surface area contributed by atoms with E-state index in [1.165, 1.54) is 11.2 Å². The number of hydrogen-bond donors (Lipinski definition) is 4. The van der Waals surface area contributed by atoms with Gasteiger partial charge < -0.3 is 14.9 Å². The van der Waals surface area contributed by atoms with Gasteiger partial charge in [0.1, 0.15) is 6.23 Å². The van der Waals surface area contributed by atoms with Gasteiger partial charge in [0, 0.05) is 11.3 Å². The van der Waals surface area contributed by atoms with Crippen molar-refractivity contribution in [2.45, 2.75) is 30.5 Å². The Morgan fingerprint density at radius 2 is 2.50 bits per heavy atom. The van der Waals surface area contributed by atoms with Gasteiger partial charge in [-0.2, -0.15) is 4.99 Å². The van der Waals surface area contributed by atoms with Crippen LogP contribution in [0.1, 0.15) is 6.42 Å². The minimum Gasteiger partial charge on any atom is -0.393 e. The zero-order valence-electron chi connectivity index (χ0n) is 11.1. The third-order valence-corrected chi connectivity index (χ3v) is 3.60. The number of nitrogens with zero attached hydrogens (tertiary/aromatic N) is 6. The van der Waals surface area contributed by atoms with Crippen LogP contribution in [0.3, 0.4) is 0 Å². The molecule has 22 heavy (non-hydrogen) atoms. The molecule has 0 radical (unpaired) electrons. The number of fused-ring (bicyclic) bond motifs is 1. The van der Waals surface area contributed by atoms with E-state index in [1.807, 2.05) is 0 Å². The first-order valence-electron chi connectivity index (χ1n) is 6.33. The van der Waals surface area contributed by atoms with Crippen molar-refractivity contribution in [1.82, 2.24) is 10.2 Å². The molecule has 3 heterocycles. The van der Waals surface area contributed by atoms with Gasteiger partial charge >= 0.3 is 0 Å². The highest BCUT2D eigenvalue weighted by molar-refractivity contribution is 6.23. The Bertz CT molecular complexity index is 641. The van der Waals surface area contributed by atoms with Crippen molar-refractivity contribution in [1.29, 1.82) is 5.41 Å². The van der Waals surface area contributed by atoms with E-state index in [0.29, 0.717) is 0 Å². The molecule has 12 nitrogen and oxygen atoms in total. The van der Waals surface area contributed by atoms with Crippen molar-refractivity contribution >= 4 is 24.0 Å². The molecule has 4 atom stereocenters. The van der Waals surface area contributed by atoms with Crippen LogP contribution in [0.4, 0.5) is 0 Å². The summed E-state index contributed by atoms with van der Waals surface area (Å²) in [4.78, 5) is 23.6. The number of rotatable bonds is 3. The van der Waals surface area contributed by atoms with Crippen LogP contribution in [0.5, 0.6) is 0 Å². The largest absolute Gasteiger partial charge is 0.393 e. The quantitative estimate of drug-likeness (QED) is 0.274. The minimum atomic E-state index is -1.80. The number of aliphatic hydroxyl groups is 2. The highest BCUT2D eigenvalue weighted by Gasteiger charge is 2.51. The van der Waals surface area contributed by atoms with Gasteiger partial charge in [0.2, 0.25) is 5.96 Å². The predicted molar refractivity (Wildman–Crippen MR) is 71.9 cm³/mol. The molecule has 3 aliphatic rings. The monoisotopic (exact) mass is 308 g/mol. The van der Waals surface area contributed by atoms with Crippen LogP contribution in [0.2, 0.25) is 0 Å². The third kappa shape index (κ3) is 2.02. The van der Waals surface area contributed by atoms with Gasteiger partial charge in [-0.25, -0.2) is 0 Å². The van der Waals surface area contributed by atoms with Crippen molar-refractivity contribution in [3.63, 3.8) is 0 Å². The molecule has 0 bridgehead atoms. The molecular weight excluding hydrogens is 296 g/mol. The number of amidine groups is 1. The zero-order chi connectivity index (χ0) is 15.9. The smallest absolute Gasteiger partial charge is 0.259 e. The Morgan fingerprint density at radius 3 is 3.18 bits per heavy atom. The highest BCUT2D eigenvalue weighted by Crippen LogP contribution is 2.35. The maximum absolute atomic E-state index is 11.7. The SMILES string of the molecule is [N-]=[N+]=N[C@]1(CO)O[C@@H](N2C=NC3C(=O)NC(=N)N=C32)C[C@@H]1O. The molecule has 3 aliphatic heterocycles. The molecule has 1 saturated heterocycles. The number of ether oxygens (including phenoxy) is 1. The van der Waals surface area contributed by atoms with Crippen molar-refractivity contribution in [2.75, 3.05) is 6.61 Å². The summed E-state index contributed by atoms with van der Waals surface area (Å²) in [6, 6.07) is -0.890. The third-order valence-electron chi connectivity index (χ3n) is 3.60. The number of amides is 1. The fourth-order valence-electron chi connectivity index (χ4n) is 2.51. The second kappa shape index (κ2) is 5.03. The van der Waals surface area contributed by atoms with Gasteiger partial charge in [0.05, 0.1) is 19.0 Å². The van der Waals surface area contributed by atoms with E-state index in [9.17, 15) is 15.0 Å². The Balaban J connectivity index is 1.88. The maximum atomic E-state index is 11.7. The average molecular weight is 308 g/mol. The van der Waals surface area contributed by atoms with Gasteiger partial charge in [-0.1, -0.05) is 5.11 Å². The van der Waals surface area contributed by atoms with Gasteiger partial charge in [-0.3, -0.25) is 25.4 Å². The summed E-state index contributed by atoms with van der Waals surface area (Å²) in [5.41, 5.74) is 6.77. The standard InChI is InChI=1S/C10H12N8O4/c11-9-14-7-6(8(21)15-9)13-3-18(7)5-1-4(20)10(2-19,22-5)16-17-12/h3-6,19-20H,1-2H2,(H2,11,15,21)/t4-,5+,6?,10+/m0/s1. The average Bonchev–Trinajstić information content (AvgIpc) is 3.02. The van der Waals surface area contributed by atoms with E-state index in [2.05, 4.69) is 25.3 Å². The van der Waals surface area contributed by atoms with E-state index in [4.69, 9.17) is 15.7 Å². The number of guanidine groups is 1. The number of carbonyl (C=O) groups excluding carboxylic acids is 1. The van der Waals surface area contributed by atoms with E-state index in [1.54, 1.807) is 0 Å². The normalized spacial score (nSPS) is 36.7. The molecule has 1 amide bonds. The van der Waals surface area contributed by atoms with Crippen LogP contribution in [0.25, 0.3) is 10.4 Å². The van der Waals surface area contributed by atoms with Crippen molar-refractivity contribution in [2.24, 2.45) is 15.1 Å². The number of azide groups is 1. The maximum Gasteiger partial charge on any atom is 0.259 e. The fraction of sp³-hybridized carbons (Fsp3) is 0.600. The van der Waals surface area contributed by atoms with Crippen LogP contribution in [0.15, 0.2) is 15.1 Å². The van der Waals surface area contributed by atoms with Crippen LogP contribution < -0.4 is 5.32 Å². The highest BCUT2D eigenvalue weighted by atomic mass is 16.6. The number of carbonyl (C=O) groups is 1. The van der Waals surface area contributed by atoms with Crippen LogP contribution in [-0.4, -0.2) is 69.9 Å². The van der Waals surface area contributed by atoms with Crippen molar-refractivity contribution in [3.05, 3.63) is 10.4 Å². The first kappa shape index (κ1) is 14.4. The molecule has 0 aromatic heterocycles. The lowest BCUT2D eigenvalue weighted by Gasteiger charge is -2.28. The Labute approximate surface area is 123 Å². The summed E-state index contributed by atoms with van der Waals surface area (Å²) in [5.74, 6) is -0.634. The molecule has 3 rings (SSSR count). The summed E-state index contributed by atoms with van der Waals surface area (Å²) in [5, 5.41) is 32.4. The van der Waals surface area contributed by atoms with Gasteiger partial charge in [-0.05, 0) is 5.53 Å². The zero-order valence-corrected chi connectivity index (χ0v) is 11.1. The van der Waals surface area contributed by atoms with Gasteiger partial charge in [0.25, 0.3) is 5.91 Å². The van der Waals surface area contributed by atoms with Gasteiger partial charge in [0.15, 0.2) is 17.6 Å². The minimum absolute atomic E-state index is 0.00624. The number of aliphatic imine (C=N–C) groups is 2. The molecule has 1 fully saturated rings. The predicted octanol–water partition coefficient (Wildman–Crippen LogP) is -1.73. The topological polar surface area (TPSA) is 179 Å². The molecule has 12 heteroatoms. The Morgan fingerprint density at radius 1 is 1.73 bits per heavy atom. The molecule has 1 unspecified atom stereocenters. The molecule has 4 N–H and O–H groups in total. The van der Waals surface area contributed by atoms with Crippen LogP contribution >= 0.6 is 0 Å². The first-order valence-corrected chi connectivity index (χ1v) is 6.33. The molecule has 0 spiro atoms. The van der Waals surface area contributed by atoms with E-state index < -0.39 is 36.6 Å². The number of nitrogens with one attached hydrogen (secondary N) is 2. The number of aliphatic hydroxyl groups excluding tert-OH is 2. The lowest BCUT2D eigenvalue weighted by molar-refractivity contribution is -0.122. The molecule has 0 aromatic carbocycles. The van der Waals surface area contributed by atoms with Crippen molar-refractivity contribution in [3.8, 4) is 0 Å². The van der Waals surface area contributed by atoms with E-state index in [-0.39, 0.29) is 18.2 Å². The summed E-state index contributed by atoms with van der Waals surface area (Å²) in [7, 11) is 0. The summed E-state index contributed by atoms with van der Waals surface area (Å²) < 4.78 is 5.49. The molecule has 0 aliphatic carbocycles. The van der Waals surface area contributed by atoms with Crippen LogP contribution in [0, 0.1) is 5.41 Å². The summed E-state index contributed by atoms with van der Waals surface area (Å²) >= 11 is 0. The molecule has 0 saturated carbocycles.